The molecule has 2 rings (SSSR count). The number of esters is 1. The van der Waals surface area contributed by atoms with Crippen molar-refractivity contribution in [2.24, 2.45) is 4.99 Å². The van der Waals surface area contributed by atoms with Gasteiger partial charge in [-0.1, -0.05) is 24.8 Å². The minimum atomic E-state index is -0.676. The van der Waals surface area contributed by atoms with E-state index in [9.17, 15) is 14.7 Å². The third-order valence-electron chi connectivity index (χ3n) is 2.72. The van der Waals surface area contributed by atoms with Crippen molar-refractivity contribution in [2.75, 3.05) is 6.61 Å². The van der Waals surface area contributed by atoms with Crippen LogP contribution in [0.5, 0.6) is 0 Å². The van der Waals surface area contributed by atoms with Gasteiger partial charge in [0, 0.05) is 11.3 Å². The monoisotopic (exact) mass is 337 g/mol. The van der Waals surface area contributed by atoms with Gasteiger partial charge >= 0.3 is 5.97 Å². The predicted molar refractivity (Wildman–Crippen MR) is 88.9 cm³/mol. The molecule has 0 atom stereocenters. The molecular formula is C15H15NO4S2. The quantitative estimate of drug-likeness (QED) is 0.850. The van der Waals surface area contributed by atoms with Gasteiger partial charge in [-0.3, -0.25) is 4.79 Å². The topological polar surface area (TPSA) is 76.0 Å². The molecule has 116 valence electrons. The summed E-state index contributed by atoms with van der Waals surface area (Å²) in [5.41, 5.74) is -0.0449. The largest absolute Gasteiger partial charge is 0.506 e. The summed E-state index contributed by atoms with van der Waals surface area (Å²) < 4.78 is 4.94. The number of thioether (sulfide) groups is 1. The van der Waals surface area contributed by atoms with Crippen molar-refractivity contribution in [3.05, 3.63) is 38.6 Å². The van der Waals surface area contributed by atoms with Crippen molar-refractivity contribution < 1.29 is 19.4 Å². The summed E-state index contributed by atoms with van der Waals surface area (Å²) in [5, 5.41) is 12.4. The number of hydrogen-bond acceptors (Lipinski definition) is 6. The maximum absolute atomic E-state index is 12.0. The minimum Gasteiger partial charge on any atom is -0.506 e. The molecule has 0 aliphatic carbocycles. The third-order valence-corrected chi connectivity index (χ3v) is 4.55. The van der Waals surface area contributed by atoms with Gasteiger partial charge in [-0.25, -0.2) is 9.79 Å². The minimum absolute atomic E-state index is 0.0449. The molecule has 5 nitrogen and oxygen atoms in total. The Kier molecular flexibility index (Phi) is 5.57. The van der Waals surface area contributed by atoms with Gasteiger partial charge in [-0.15, -0.1) is 11.3 Å². The Hall–Kier alpha value is -1.86. The number of amides is 1. The number of thiophene rings is 1. The maximum atomic E-state index is 12.0. The number of rotatable bonds is 4. The zero-order valence-electron chi connectivity index (χ0n) is 12.2. The van der Waals surface area contributed by atoms with E-state index in [0.717, 1.165) is 16.6 Å². The molecule has 2 heterocycles. The number of aliphatic imine (C=N–C) groups is 1. The fourth-order valence-corrected chi connectivity index (χ4v) is 3.44. The van der Waals surface area contributed by atoms with Crippen LogP contribution in [-0.2, 0) is 14.3 Å². The zero-order chi connectivity index (χ0) is 16.1. The molecule has 1 amide bonds. The molecule has 1 aliphatic rings. The predicted octanol–water partition coefficient (Wildman–Crippen LogP) is 3.55. The second kappa shape index (κ2) is 7.42. The first-order valence-electron chi connectivity index (χ1n) is 6.72. The van der Waals surface area contributed by atoms with Crippen LogP contribution >= 0.6 is 23.1 Å². The van der Waals surface area contributed by atoms with Crippen molar-refractivity contribution in [1.29, 1.82) is 0 Å². The summed E-state index contributed by atoms with van der Waals surface area (Å²) in [7, 11) is 0. The average molecular weight is 337 g/mol. The van der Waals surface area contributed by atoms with Crippen molar-refractivity contribution in [2.45, 2.75) is 20.3 Å². The lowest BCUT2D eigenvalue weighted by molar-refractivity contribution is -0.138. The molecule has 22 heavy (non-hydrogen) atoms. The highest BCUT2D eigenvalue weighted by Crippen LogP contribution is 2.39. The normalized spacial score (nSPS) is 18.3. The van der Waals surface area contributed by atoms with Crippen LogP contribution in [-0.4, -0.2) is 28.6 Å². The molecule has 1 aromatic heterocycles. The van der Waals surface area contributed by atoms with Crippen molar-refractivity contribution >= 4 is 46.1 Å². The first-order chi connectivity index (χ1) is 10.6. The highest BCUT2D eigenvalue weighted by molar-refractivity contribution is 8.18. The van der Waals surface area contributed by atoms with Crippen LogP contribution in [0.4, 0.5) is 0 Å². The Bertz CT molecular complexity index is 672. The summed E-state index contributed by atoms with van der Waals surface area (Å²) in [6, 6.07) is 3.78. The van der Waals surface area contributed by atoms with Gasteiger partial charge in [-0.2, -0.15) is 0 Å². The number of carbonyl (C=O) groups excluding carboxylic acids is 2. The smallest absolute Gasteiger partial charge is 0.344 e. The Balaban J connectivity index is 2.43. The standard InChI is InChI=1S/C15H15NO4S2/c1-3-11(17)16-14-12(15(19)20-4-2)13(18)10(22-14)8-9-6-5-7-21-9/h5-8,18H,3-4H2,1-2H3/b10-8-,16-14?. The van der Waals surface area contributed by atoms with Gasteiger partial charge < -0.3 is 9.84 Å². The highest BCUT2D eigenvalue weighted by atomic mass is 32.2. The molecule has 0 radical (unpaired) electrons. The molecule has 0 saturated heterocycles. The van der Waals surface area contributed by atoms with Crippen LogP contribution in [0.25, 0.3) is 6.08 Å². The SMILES string of the molecule is CCOC(=O)C1=C(O)/C(=C/c2cccs2)SC1=NC(=O)CC. The molecule has 0 bridgehead atoms. The van der Waals surface area contributed by atoms with E-state index in [2.05, 4.69) is 4.99 Å². The van der Waals surface area contributed by atoms with Crippen LogP contribution < -0.4 is 0 Å². The molecule has 7 heteroatoms. The lowest BCUT2D eigenvalue weighted by atomic mass is 10.2. The van der Waals surface area contributed by atoms with Gasteiger partial charge in [0.1, 0.15) is 16.4 Å². The number of nitrogens with zero attached hydrogens (tertiary/aromatic N) is 1. The highest BCUT2D eigenvalue weighted by Gasteiger charge is 2.33. The lowest BCUT2D eigenvalue weighted by Crippen LogP contribution is -2.14. The fraction of sp³-hybridized carbons (Fsp3) is 0.267. The first-order valence-corrected chi connectivity index (χ1v) is 8.42. The zero-order valence-corrected chi connectivity index (χ0v) is 13.8. The molecule has 0 aromatic carbocycles. The summed E-state index contributed by atoms with van der Waals surface area (Å²) >= 11 is 2.60. The number of carbonyl (C=O) groups is 2. The van der Waals surface area contributed by atoms with E-state index in [1.807, 2.05) is 17.5 Å². The molecule has 1 N–H and O–H groups in total. The molecule has 0 unspecified atom stereocenters. The summed E-state index contributed by atoms with van der Waals surface area (Å²) in [6.45, 7) is 3.54. The number of hydrogen-bond donors (Lipinski definition) is 1. The Morgan fingerprint density at radius 3 is 2.77 bits per heavy atom. The number of ether oxygens (including phenoxy) is 1. The van der Waals surface area contributed by atoms with Gasteiger partial charge in [0.15, 0.2) is 0 Å². The third kappa shape index (κ3) is 3.66. The molecule has 1 aliphatic heterocycles. The molecule has 0 fully saturated rings. The van der Waals surface area contributed by atoms with E-state index in [0.29, 0.717) is 4.91 Å². The van der Waals surface area contributed by atoms with E-state index in [1.165, 1.54) is 11.3 Å². The Morgan fingerprint density at radius 1 is 1.41 bits per heavy atom. The van der Waals surface area contributed by atoms with Crippen molar-refractivity contribution in [1.82, 2.24) is 0 Å². The van der Waals surface area contributed by atoms with Gasteiger partial charge in [0.25, 0.3) is 0 Å². The molecular weight excluding hydrogens is 322 g/mol. The van der Waals surface area contributed by atoms with Gasteiger partial charge in [0.05, 0.1) is 11.5 Å². The van der Waals surface area contributed by atoms with E-state index in [1.54, 1.807) is 19.9 Å². The van der Waals surface area contributed by atoms with Gasteiger partial charge in [0.2, 0.25) is 5.91 Å². The van der Waals surface area contributed by atoms with E-state index < -0.39 is 5.97 Å². The number of aliphatic hydroxyl groups is 1. The number of aliphatic hydroxyl groups excluding tert-OH is 1. The molecule has 0 saturated carbocycles. The van der Waals surface area contributed by atoms with Crippen molar-refractivity contribution in [3.63, 3.8) is 0 Å². The Labute approximate surface area is 136 Å². The van der Waals surface area contributed by atoms with Crippen molar-refractivity contribution in [3.8, 4) is 0 Å². The first kappa shape index (κ1) is 16.5. The maximum Gasteiger partial charge on any atom is 0.344 e. The molecule has 0 spiro atoms. The van der Waals surface area contributed by atoms with E-state index in [4.69, 9.17) is 4.74 Å². The lowest BCUT2D eigenvalue weighted by Gasteiger charge is -2.02. The second-order valence-corrected chi connectivity index (χ2v) is 6.24. The summed E-state index contributed by atoms with van der Waals surface area (Å²) in [5.74, 6) is -1.22. The van der Waals surface area contributed by atoms with E-state index >= 15 is 0 Å². The van der Waals surface area contributed by atoms with Crippen LogP contribution in [0.3, 0.4) is 0 Å². The summed E-state index contributed by atoms with van der Waals surface area (Å²) in [6.07, 6.45) is 1.98. The average Bonchev–Trinajstić information content (AvgIpc) is 3.09. The Morgan fingerprint density at radius 2 is 2.18 bits per heavy atom. The molecule has 1 aromatic rings. The fourth-order valence-electron chi connectivity index (χ4n) is 1.69. The van der Waals surface area contributed by atoms with Crippen LogP contribution in [0.1, 0.15) is 25.1 Å². The van der Waals surface area contributed by atoms with Crippen LogP contribution in [0.15, 0.2) is 38.7 Å². The summed E-state index contributed by atoms with van der Waals surface area (Å²) in [4.78, 5) is 28.9. The van der Waals surface area contributed by atoms with Crippen LogP contribution in [0.2, 0.25) is 0 Å². The van der Waals surface area contributed by atoms with E-state index in [-0.39, 0.29) is 35.3 Å². The van der Waals surface area contributed by atoms with Gasteiger partial charge in [-0.05, 0) is 24.4 Å². The second-order valence-electron chi connectivity index (χ2n) is 4.23. The van der Waals surface area contributed by atoms with Crippen LogP contribution in [0, 0.1) is 0 Å².